The van der Waals surface area contributed by atoms with Gasteiger partial charge in [0.2, 0.25) is 0 Å². The third-order valence-electron chi connectivity index (χ3n) is 5.50. The summed E-state index contributed by atoms with van der Waals surface area (Å²) in [7, 11) is 2.08. The van der Waals surface area contributed by atoms with Gasteiger partial charge in [-0.25, -0.2) is 0 Å². The molecule has 3 rings (SSSR count). The number of fused-ring (bicyclic) bond motifs is 1. The van der Waals surface area contributed by atoms with Crippen molar-refractivity contribution in [1.82, 2.24) is 5.32 Å². The highest BCUT2D eigenvalue weighted by Gasteiger charge is 2.41. The maximum absolute atomic E-state index is 6.04. The molecule has 0 saturated carbocycles. The number of benzene rings is 1. The summed E-state index contributed by atoms with van der Waals surface area (Å²) in [6, 6.07) is 7.51. The Kier molecular flexibility index (Phi) is 3.87. The molecule has 0 spiro atoms. The van der Waals surface area contributed by atoms with E-state index in [4.69, 9.17) is 4.74 Å². The van der Waals surface area contributed by atoms with Gasteiger partial charge in [0.25, 0.3) is 0 Å². The van der Waals surface area contributed by atoms with E-state index < -0.39 is 0 Å². The fraction of sp³-hybridized carbons (Fsp3) is 0.667. The molecule has 1 aliphatic carbocycles. The number of hydrogen-bond donors (Lipinski definition) is 1. The Morgan fingerprint density at radius 1 is 1.10 bits per heavy atom. The maximum atomic E-state index is 6.04. The van der Waals surface area contributed by atoms with Crippen molar-refractivity contribution in [2.24, 2.45) is 11.8 Å². The van der Waals surface area contributed by atoms with Crippen molar-refractivity contribution in [1.29, 1.82) is 0 Å². The molecule has 0 radical (unpaired) electrons. The van der Waals surface area contributed by atoms with Crippen molar-refractivity contribution in [3.8, 4) is 0 Å². The van der Waals surface area contributed by atoms with E-state index in [2.05, 4.69) is 51.3 Å². The summed E-state index contributed by atoms with van der Waals surface area (Å²) in [5, 5.41) is 3.55. The van der Waals surface area contributed by atoms with Crippen molar-refractivity contribution in [2.75, 3.05) is 7.05 Å². The van der Waals surface area contributed by atoms with Gasteiger partial charge in [0.05, 0.1) is 12.2 Å². The zero-order valence-corrected chi connectivity index (χ0v) is 13.1. The normalized spacial score (nSPS) is 34.2. The Morgan fingerprint density at radius 3 is 2.50 bits per heavy atom. The van der Waals surface area contributed by atoms with E-state index in [9.17, 15) is 0 Å². The lowest BCUT2D eigenvalue weighted by Crippen LogP contribution is -2.33. The molecule has 2 heteroatoms. The van der Waals surface area contributed by atoms with Crippen LogP contribution >= 0.6 is 0 Å². The fourth-order valence-corrected chi connectivity index (χ4v) is 4.23. The van der Waals surface area contributed by atoms with Crippen LogP contribution in [-0.2, 0) is 17.6 Å². The van der Waals surface area contributed by atoms with Crippen molar-refractivity contribution in [3.63, 3.8) is 0 Å². The van der Waals surface area contributed by atoms with Gasteiger partial charge in [0.1, 0.15) is 0 Å². The lowest BCUT2D eigenvalue weighted by Gasteiger charge is -2.29. The summed E-state index contributed by atoms with van der Waals surface area (Å²) in [4.78, 5) is 0. The Bertz CT molecular complexity index is 484. The molecular weight excluding hydrogens is 246 g/mol. The highest BCUT2D eigenvalue weighted by Crippen LogP contribution is 2.41. The predicted molar refractivity (Wildman–Crippen MR) is 82.9 cm³/mol. The summed E-state index contributed by atoms with van der Waals surface area (Å²) in [6.45, 7) is 6.76. The molecule has 1 N–H and O–H groups in total. The van der Waals surface area contributed by atoms with Crippen LogP contribution in [0.5, 0.6) is 0 Å². The minimum absolute atomic E-state index is 0.325. The van der Waals surface area contributed by atoms with Crippen LogP contribution in [0.15, 0.2) is 18.2 Å². The van der Waals surface area contributed by atoms with Crippen LogP contribution in [0.2, 0.25) is 0 Å². The molecule has 20 heavy (non-hydrogen) atoms. The van der Waals surface area contributed by atoms with Crippen LogP contribution < -0.4 is 5.32 Å². The highest BCUT2D eigenvalue weighted by molar-refractivity contribution is 5.37. The number of hydrogen-bond acceptors (Lipinski definition) is 2. The van der Waals surface area contributed by atoms with Crippen LogP contribution in [0, 0.1) is 11.8 Å². The van der Waals surface area contributed by atoms with Gasteiger partial charge in [0.15, 0.2) is 0 Å². The molecule has 2 aliphatic rings. The number of rotatable bonds is 3. The van der Waals surface area contributed by atoms with Crippen molar-refractivity contribution < 1.29 is 4.74 Å². The van der Waals surface area contributed by atoms with Crippen molar-refractivity contribution >= 4 is 0 Å². The topological polar surface area (TPSA) is 21.3 Å². The van der Waals surface area contributed by atoms with Crippen LogP contribution in [-0.4, -0.2) is 19.3 Å². The molecule has 2 nitrogen and oxygen atoms in total. The van der Waals surface area contributed by atoms with Crippen LogP contribution in [0.3, 0.4) is 0 Å². The summed E-state index contributed by atoms with van der Waals surface area (Å²) < 4.78 is 6.04. The molecule has 1 fully saturated rings. The second kappa shape index (κ2) is 5.50. The SMILES string of the molecule is CNC(c1ccc2c(c1)CCC2)C1C(C)OC(C)C1C. The fourth-order valence-electron chi connectivity index (χ4n) is 4.23. The third-order valence-corrected chi connectivity index (χ3v) is 5.50. The van der Waals surface area contributed by atoms with E-state index in [0.29, 0.717) is 30.1 Å². The Labute approximate surface area is 122 Å². The van der Waals surface area contributed by atoms with Gasteiger partial charge in [0, 0.05) is 12.0 Å². The van der Waals surface area contributed by atoms with Gasteiger partial charge in [-0.1, -0.05) is 25.1 Å². The minimum atomic E-state index is 0.325. The Morgan fingerprint density at radius 2 is 1.85 bits per heavy atom. The number of ether oxygens (including phenoxy) is 1. The molecule has 110 valence electrons. The number of aryl methyl sites for hydroxylation is 2. The van der Waals surface area contributed by atoms with Gasteiger partial charge in [-0.15, -0.1) is 0 Å². The molecule has 0 aromatic heterocycles. The first-order valence-electron chi connectivity index (χ1n) is 8.06. The summed E-state index contributed by atoms with van der Waals surface area (Å²) in [5.41, 5.74) is 4.56. The number of nitrogens with one attached hydrogen (secondary N) is 1. The standard InChI is InChI=1S/C18H27NO/c1-11-12(2)20-13(3)17(11)18(19-4)16-9-8-14-6-5-7-15(14)10-16/h8-13,17-19H,5-7H2,1-4H3. The largest absolute Gasteiger partial charge is 0.375 e. The van der Waals surface area contributed by atoms with E-state index in [1.54, 1.807) is 11.1 Å². The average Bonchev–Trinajstić information content (AvgIpc) is 2.99. The molecule has 0 bridgehead atoms. The molecular formula is C18H27NO. The summed E-state index contributed by atoms with van der Waals surface area (Å²) >= 11 is 0. The summed E-state index contributed by atoms with van der Waals surface area (Å²) in [6.07, 6.45) is 4.52. The predicted octanol–water partition coefficient (Wildman–Crippen LogP) is 3.50. The molecule has 0 amide bonds. The first-order chi connectivity index (χ1) is 9.61. The zero-order chi connectivity index (χ0) is 14.3. The smallest absolute Gasteiger partial charge is 0.0600 e. The monoisotopic (exact) mass is 273 g/mol. The van der Waals surface area contributed by atoms with Crippen molar-refractivity contribution in [2.45, 2.75) is 58.3 Å². The van der Waals surface area contributed by atoms with Crippen LogP contribution in [0.4, 0.5) is 0 Å². The second-order valence-electron chi connectivity index (χ2n) is 6.63. The molecule has 5 unspecified atom stereocenters. The van der Waals surface area contributed by atoms with E-state index in [1.165, 1.54) is 24.8 Å². The highest BCUT2D eigenvalue weighted by atomic mass is 16.5. The van der Waals surface area contributed by atoms with Gasteiger partial charge < -0.3 is 10.1 Å². The van der Waals surface area contributed by atoms with Gasteiger partial charge in [-0.3, -0.25) is 0 Å². The molecule has 5 atom stereocenters. The van der Waals surface area contributed by atoms with E-state index in [-0.39, 0.29) is 0 Å². The van der Waals surface area contributed by atoms with Crippen LogP contribution in [0.1, 0.15) is 49.9 Å². The lowest BCUT2D eigenvalue weighted by atomic mass is 9.80. The van der Waals surface area contributed by atoms with Gasteiger partial charge in [-0.05, 0) is 62.8 Å². The van der Waals surface area contributed by atoms with E-state index >= 15 is 0 Å². The van der Waals surface area contributed by atoms with Gasteiger partial charge in [-0.2, -0.15) is 0 Å². The van der Waals surface area contributed by atoms with Crippen LogP contribution in [0.25, 0.3) is 0 Å². The molecule has 1 aliphatic heterocycles. The molecule has 1 aromatic carbocycles. The zero-order valence-electron chi connectivity index (χ0n) is 13.1. The van der Waals surface area contributed by atoms with E-state index in [0.717, 1.165) is 0 Å². The Hall–Kier alpha value is -0.860. The lowest BCUT2D eigenvalue weighted by molar-refractivity contribution is 0.0478. The van der Waals surface area contributed by atoms with Crippen molar-refractivity contribution in [3.05, 3.63) is 34.9 Å². The first kappa shape index (κ1) is 14.1. The maximum Gasteiger partial charge on any atom is 0.0600 e. The molecule has 1 heterocycles. The summed E-state index contributed by atoms with van der Waals surface area (Å²) in [5.74, 6) is 1.14. The minimum Gasteiger partial charge on any atom is -0.375 e. The molecule has 1 aromatic rings. The van der Waals surface area contributed by atoms with E-state index in [1.807, 2.05) is 0 Å². The first-order valence-corrected chi connectivity index (χ1v) is 8.06. The molecule has 1 saturated heterocycles. The third kappa shape index (κ3) is 2.29. The Balaban J connectivity index is 1.90. The second-order valence-corrected chi connectivity index (χ2v) is 6.63. The average molecular weight is 273 g/mol. The van der Waals surface area contributed by atoms with Gasteiger partial charge >= 0.3 is 0 Å². The quantitative estimate of drug-likeness (QED) is 0.910.